The van der Waals surface area contributed by atoms with Crippen molar-refractivity contribution in [2.24, 2.45) is 5.41 Å². The molecule has 0 saturated carbocycles. The summed E-state index contributed by atoms with van der Waals surface area (Å²) in [5.74, 6) is 0. The molecule has 0 aromatic carbocycles. The second kappa shape index (κ2) is 2.23. The van der Waals surface area contributed by atoms with Crippen molar-refractivity contribution in [2.45, 2.75) is 32.6 Å². The van der Waals surface area contributed by atoms with E-state index in [0.717, 1.165) is 5.41 Å². The van der Waals surface area contributed by atoms with Gasteiger partial charge in [0.25, 0.3) is 0 Å². The molecular weight excluding hydrogens is 122 g/mol. The van der Waals surface area contributed by atoms with Crippen molar-refractivity contribution in [3.8, 4) is 0 Å². The van der Waals surface area contributed by atoms with Gasteiger partial charge in [0.2, 0.25) is 0 Å². The van der Waals surface area contributed by atoms with Crippen LogP contribution in [0.1, 0.15) is 32.6 Å². The molecule has 3 saturated heterocycles. The monoisotopic (exact) mass is 139 g/mol. The van der Waals surface area contributed by atoms with Crippen molar-refractivity contribution in [3.05, 3.63) is 0 Å². The van der Waals surface area contributed by atoms with Crippen LogP contribution in [0, 0.1) is 5.41 Å². The minimum absolute atomic E-state index is 0.786. The summed E-state index contributed by atoms with van der Waals surface area (Å²) in [5, 5.41) is 0. The lowest BCUT2D eigenvalue weighted by Gasteiger charge is -2.48. The smallest absolute Gasteiger partial charge is 0.00134 e. The van der Waals surface area contributed by atoms with Gasteiger partial charge in [-0.1, -0.05) is 13.3 Å². The third-order valence-corrected chi connectivity index (χ3v) is 3.63. The van der Waals surface area contributed by atoms with E-state index in [1.54, 1.807) is 0 Å². The van der Waals surface area contributed by atoms with E-state index in [1.165, 1.54) is 45.3 Å². The molecule has 0 aromatic heterocycles. The standard InChI is InChI=1S/C9H17N/c1-2-9-3-6-10(7-4-9)8-5-9/h2-8H2,1H3. The van der Waals surface area contributed by atoms with Crippen LogP contribution in [0.15, 0.2) is 0 Å². The minimum Gasteiger partial charge on any atom is -0.303 e. The van der Waals surface area contributed by atoms with E-state index in [-0.39, 0.29) is 0 Å². The molecule has 0 aliphatic carbocycles. The number of piperidine rings is 3. The van der Waals surface area contributed by atoms with Crippen LogP contribution in [0.2, 0.25) is 0 Å². The molecular formula is C9H17N. The van der Waals surface area contributed by atoms with Crippen LogP contribution >= 0.6 is 0 Å². The van der Waals surface area contributed by atoms with Crippen molar-refractivity contribution < 1.29 is 0 Å². The van der Waals surface area contributed by atoms with E-state index >= 15 is 0 Å². The first kappa shape index (κ1) is 6.66. The third-order valence-electron chi connectivity index (χ3n) is 3.63. The molecule has 0 amide bonds. The van der Waals surface area contributed by atoms with Crippen molar-refractivity contribution in [1.82, 2.24) is 4.90 Å². The van der Waals surface area contributed by atoms with Gasteiger partial charge in [-0.25, -0.2) is 0 Å². The van der Waals surface area contributed by atoms with Gasteiger partial charge < -0.3 is 4.90 Å². The summed E-state index contributed by atoms with van der Waals surface area (Å²) in [7, 11) is 0. The van der Waals surface area contributed by atoms with E-state index < -0.39 is 0 Å². The van der Waals surface area contributed by atoms with Gasteiger partial charge in [-0.3, -0.25) is 0 Å². The van der Waals surface area contributed by atoms with E-state index in [4.69, 9.17) is 0 Å². The number of nitrogens with zero attached hydrogens (tertiary/aromatic N) is 1. The fourth-order valence-electron chi connectivity index (χ4n) is 2.43. The Bertz CT molecular complexity index is 109. The summed E-state index contributed by atoms with van der Waals surface area (Å²) in [5.41, 5.74) is 0.786. The maximum atomic E-state index is 2.61. The molecule has 0 radical (unpaired) electrons. The van der Waals surface area contributed by atoms with E-state index in [0.29, 0.717) is 0 Å². The van der Waals surface area contributed by atoms with Crippen LogP contribution in [-0.2, 0) is 0 Å². The van der Waals surface area contributed by atoms with Crippen molar-refractivity contribution in [1.29, 1.82) is 0 Å². The predicted octanol–water partition coefficient (Wildman–Crippen LogP) is 1.88. The molecule has 3 heterocycles. The summed E-state index contributed by atoms with van der Waals surface area (Å²) >= 11 is 0. The van der Waals surface area contributed by atoms with Crippen LogP contribution < -0.4 is 0 Å². The first-order valence-electron chi connectivity index (χ1n) is 4.57. The highest BCUT2D eigenvalue weighted by molar-refractivity contribution is 4.90. The molecule has 3 aliphatic heterocycles. The van der Waals surface area contributed by atoms with Crippen molar-refractivity contribution in [2.75, 3.05) is 19.6 Å². The Morgan fingerprint density at radius 1 is 1.10 bits per heavy atom. The molecule has 1 heteroatoms. The first-order chi connectivity index (χ1) is 4.85. The van der Waals surface area contributed by atoms with E-state index in [1.807, 2.05) is 0 Å². The Hall–Kier alpha value is -0.0400. The summed E-state index contributed by atoms with van der Waals surface area (Å²) in [6.45, 7) is 6.51. The van der Waals surface area contributed by atoms with Gasteiger partial charge in [0.1, 0.15) is 0 Å². The zero-order valence-corrected chi connectivity index (χ0v) is 6.90. The Morgan fingerprint density at radius 2 is 1.60 bits per heavy atom. The Morgan fingerprint density at radius 3 is 1.90 bits per heavy atom. The molecule has 3 aliphatic rings. The van der Waals surface area contributed by atoms with Crippen molar-refractivity contribution >= 4 is 0 Å². The topological polar surface area (TPSA) is 3.24 Å². The fraction of sp³-hybridized carbons (Fsp3) is 1.00. The number of hydrogen-bond acceptors (Lipinski definition) is 1. The summed E-state index contributed by atoms with van der Waals surface area (Å²) in [4.78, 5) is 2.61. The molecule has 0 spiro atoms. The lowest BCUT2D eigenvalue weighted by atomic mass is 9.70. The average Bonchev–Trinajstić information content (AvgIpc) is 2.08. The van der Waals surface area contributed by atoms with Crippen LogP contribution in [-0.4, -0.2) is 24.5 Å². The van der Waals surface area contributed by atoms with Gasteiger partial charge >= 0.3 is 0 Å². The molecule has 10 heavy (non-hydrogen) atoms. The zero-order valence-electron chi connectivity index (χ0n) is 6.90. The minimum atomic E-state index is 0.786. The summed E-state index contributed by atoms with van der Waals surface area (Å²) in [6.07, 6.45) is 5.84. The molecule has 2 bridgehead atoms. The number of rotatable bonds is 1. The SMILES string of the molecule is CCC12CCN(CC1)CC2. The fourth-order valence-corrected chi connectivity index (χ4v) is 2.43. The molecule has 1 nitrogen and oxygen atoms in total. The lowest BCUT2D eigenvalue weighted by molar-refractivity contribution is 0.0235. The lowest BCUT2D eigenvalue weighted by Crippen LogP contribution is -2.47. The van der Waals surface area contributed by atoms with Gasteiger partial charge in [0, 0.05) is 0 Å². The largest absolute Gasteiger partial charge is 0.303 e. The Labute approximate surface area is 63.4 Å². The van der Waals surface area contributed by atoms with Gasteiger partial charge in [0.15, 0.2) is 0 Å². The molecule has 0 aromatic rings. The van der Waals surface area contributed by atoms with Gasteiger partial charge in [0.05, 0.1) is 0 Å². The molecule has 0 unspecified atom stereocenters. The highest BCUT2D eigenvalue weighted by Gasteiger charge is 2.37. The van der Waals surface area contributed by atoms with Gasteiger partial charge in [-0.2, -0.15) is 0 Å². The van der Waals surface area contributed by atoms with Crippen LogP contribution in [0.25, 0.3) is 0 Å². The normalized spacial score (nSPS) is 45.9. The first-order valence-corrected chi connectivity index (χ1v) is 4.57. The molecule has 0 atom stereocenters. The average molecular weight is 139 g/mol. The van der Waals surface area contributed by atoms with Crippen LogP contribution in [0.4, 0.5) is 0 Å². The molecule has 3 fully saturated rings. The summed E-state index contributed by atoms with van der Waals surface area (Å²) < 4.78 is 0. The maximum absolute atomic E-state index is 2.61. The molecule has 58 valence electrons. The Balaban J connectivity index is 2.08. The predicted molar refractivity (Wildman–Crippen MR) is 43.0 cm³/mol. The van der Waals surface area contributed by atoms with E-state index in [2.05, 4.69) is 11.8 Å². The maximum Gasteiger partial charge on any atom is -0.00134 e. The third kappa shape index (κ3) is 0.878. The Kier molecular flexibility index (Phi) is 1.48. The van der Waals surface area contributed by atoms with Gasteiger partial charge in [-0.05, 0) is 44.3 Å². The van der Waals surface area contributed by atoms with Crippen LogP contribution in [0.5, 0.6) is 0 Å². The highest BCUT2D eigenvalue weighted by atomic mass is 15.1. The zero-order chi connectivity index (χ0) is 7.03. The number of hydrogen-bond donors (Lipinski definition) is 0. The second-order valence-corrected chi connectivity index (χ2v) is 3.95. The molecule has 3 rings (SSSR count). The molecule has 0 N–H and O–H groups in total. The quantitative estimate of drug-likeness (QED) is 0.536. The van der Waals surface area contributed by atoms with Crippen molar-refractivity contribution in [3.63, 3.8) is 0 Å². The van der Waals surface area contributed by atoms with E-state index in [9.17, 15) is 0 Å². The van der Waals surface area contributed by atoms with Gasteiger partial charge in [-0.15, -0.1) is 0 Å². The second-order valence-electron chi connectivity index (χ2n) is 3.95. The highest BCUT2D eigenvalue weighted by Crippen LogP contribution is 2.42. The van der Waals surface area contributed by atoms with Crippen LogP contribution in [0.3, 0.4) is 0 Å². The number of fused-ring (bicyclic) bond motifs is 3. The summed E-state index contributed by atoms with van der Waals surface area (Å²) in [6, 6.07) is 0.